The highest BCUT2D eigenvalue weighted by Crippen LogP contribution is 2.33. The molecule has 0 aromatic heterocycles. The van der Waals surface area contributed by atoms with Crippen molar-refractivity contribution in [3.05, 3.63) is 28.2 Å². The molecule has 7 heteroatoms. The van der Waals surface area contributed by atoms with E-state index in [1.165, 1.54) is 16.4 Å². The van der Waals surface area contributed by atoms with Crippen molar-refractivity contribution in [2.24, 2.45) is 11.7 Å². The van der Waals surface area contributed by atoms with Crippen molar-refractivity contribution in [3.63, 3.8) is 0 Å². The number of nitrogens with two attached hydrogens (primary N) is 1. The highest BCUT2D eigenvalue weighted by molar-refractivity contribution is 7.89. The number of sulfonamides is 1. The lowest BCUT2D eigenvalue weighted by molar-refractivity contribution is 0.197. The van der Waals surface area contributed by atoms with Gasteiger partial charge in [0.15, 0.2) is 0 Å². The van der Waals surface area contributed by atoms with Crippen LogP contribution >= 0.6 is 23.2 Å². The Kier molecular flexibility index (Phi) is 5.54. The van der Waals surface area contributed by atoms with Crippen LogP contribution < -0.4 is 5.73 Å². The Morgan fingerprint density at radius 3 is 2.71 bits per heavy atom. The average Bonchev–Trinajstić information content (AvgIpc) is 2.48. The van der Waals surface area contributed by atoms with Crippen molar-refractivity contribution in [2.75, 3.05) is 13.1 Å². The van der Waals surface area contributed by atoms with E-state index in [9.17, 15) is 8.42 Å². The van der Waals surface area contributed by atoms with E-state index in [1.54, 1.807) is 6.07 Å². The van der Waals surface area contributed by atoms with Gasteiger partial charge >= 0.3 is 0 Å². The van der Waals surface area contributed by atoms with Crippen molar-refractivity contribution in [2.45, 2.75) is 37.1 Å². The second kappa shape index (κ2) is 6.84. The van der Waals surface area contributed by atoms with Gasteiger partial charge in [-0.15, -0.1) is 0 Å². The molecule has 1 fully saturated rings. The third-order valence-electron chi connectivity index (χ3n) is 4.10. The van der Waals surface area contributed by atoms with Crippen molar-refractivity contribution < 1.29 is 8.42 Å². The van der Waals surface area contributed by atoms with Gasteiger partial charge in [0.25, 0.3) is 0 Å². The van der Waals surface area contributed by atoms with Gasteiger partial charge in [0.1, 0.15) is 4.90 Å². The van der Waals surface area contributed by atoms with Crippen LogP contribution in [0.2, 0.25) is 10.0 Å². The van der Waals surface area contributed by atoms with Gasteiger partial charge in [-0.3, -0.25) is 0 Å². The first-order valence-electron chi connectivity index (χ1n) is 7.07. The number of halogens is 2. The van der Waals surface area contributed by atoms with Crippen LogP contribution in [0.15, 0.2) is 23.1 Å². The largest absolute Gasteiger partial charge is 0.329 e. The summed E-state index contributed by atoms with van der Waals surface area (Å²) in [5.41, 5.74) is 5.79. The molecule has 0 aliphatic carbocycles. The first kappa shape index (κ1) is 17.0. The van der Waals surface area contributed by atoms with Crippen molar-refractivity contribution in [3.8, 4) is 0 Å². The van der Waals surface area contributed by atoms with E-state index in [2.05, 4.69) is 6.92 Å². The van der Waals surface area contributed by atoms with Gasteiger partial charge in [0.2, 0.25) is 10.0 Å². The fraction of sp³-hybridized carbons (Fsp3) is 0.571. The zero-order valence-corrected chi connectivity index (χ0v) is 14.3. The van der Waals surface area contributed by atoms with Crippen molar-refractivity contribution >= 4 is 33.2 Å². The summed E-state index contributed by atoms with van der Waals surface area (Å²) in [5.74, 6) is 0.528. The molecule has 0 saturated carbocycles. The normalized spacial score (nSPS) is 24.2. The highest BCUT2D eigenvalue weighted by atomic mass is 35.5. The number of nitrogens with zero attached hydrogens (tertiary/aromatic N) is 1. The lowest BCUT2D eigenvalue weighted by Gasteiger charge is -2.37. The zero-order valence-electron chi connectivity index (χ0n) is 11.9. The molecule has 1 aliphatic rings. The molecular formula is C14H20Cl2N2O2S. The third kappa shape index (κ3) is 3.54. The molecule has 1 aromatic rings. The summed E-state index contributed by atoms with van der Waals surface area (Å²) in [6, 6.07) is 4.31. The molecule has 0 amide bonds. The second-order valence-corrected chi connectivity index (χ2v) is 8.08. The van der Waals surface area contributed by atoms with Gasteiger partial charge in [-0.1, -0.05) is 36.5 Å². The summed E-state index contributed by atoms with van der Waals surface area (Å²) in [4.78, 5) is 0.0602. The highest BCUT2D eigenvalue weighted by Gasteiger charge is 2.36. The molecule has 1 heterocycles. The van der Waals surface area contributed by atoms with E-state index in [4.69, 9.17) is 28.9 Å². The average molecular weight is 351 g/mol. The molecule has 21 heavy (non-hydrogen) atoms. The molecule has 2 N–H and O–H groups in total. The van der Waals surface area contributed by atoms with Crippen LogP contribution in [0.5, 0.6) is 0 Å². The van der Waals surface area contributed by atoms with Gasteiger partial charge in [-0.05, 0) is 37.0 Å². The number of benzene rings is 1. The minimum Gasteiger partial charge on any atom is -0.329 e. The molecule has 118 valence electrons. The summed E-state index contributed by atoms with van der Waals surface area (Å²) < 4.78 is 27.2. The zero-order chi connectivity index (χ0) is 15.6. The minimum atomic E-state index is -3.67. The molecule has 1 aliphatic heterocycles. The molecule has 2 unspecified atom stereocenters. The van der Waals surface area contributed by atoms with E-state index >= 15 is 0 Å². The first-order valence-corrected chi connectivity index (χ1v) is 9.26. The molecule has 1 aromatic carbocycles. The lowest BCUT2D eigenvalue weighted by atomic mass is 9.90. The molecule has 0 radical (unpaired) electrons. The van der Waals surface area contributed by atoms with Crippen LogP contribution in [0.25, 0.3) is 0 Å². The predicted octanol–water partition coefficient (Wildman–Crippen LogP) is 3.13. The van der Waals surface area contributed by atoms with Gasteiger partial charge in [-0.2, -0.15) is 4.31 Å². The lowest BCUT2D eigenvalue weighted by Crippen LogP contribution is -2.49. The summed E-state index contributed by atoms with van der Waals surface area (Å²) >= 11 is 12.0. The van der Waals surface area contributed by atoms with Crippen LogP contribution in [-0.2, 0) is 10.0 Å². The van der Waals surface area contributed by atoms with Gasteiger partial charge in [-0.25, -0.2) is 8.42 Å². The fourth-order valence-corrected chi connectivity index (χ4v) is 5.22. The molecule has 2 rings (SSSR count). The monoisotopic (exact) mass is 350 g/mol. The smallest absolute Gasteiger partial charge is 0.244 e. The Morgan fingerprint density at radius 1 is 1.38 bits per heavy atom. The summed E-state index contributed by atoms with van der Waals surface area (Å²) in [6.45, 7) is 2.91. The topological polar surface area (TPSA) is 63.4 Å². The Hall–Kier alpha value is -0.330. The van der Waals surface area contributed by atoms with Crippen molar-refractivity contribution in [1.29, 1.82) is 0 Å². The standard InChI is InChI=1S/C14H20Cl2N2O2S/c1-2-10-5-6-18(12(7-10)9-17)21(19,20)14-8-11(15)3-4-13(14)16/h3-4,8,10,12H,2,5-7,9,17H2,1H3. The van der Waals surface area contributed by atoms with E-state index in [0.29, 0.717) is 24.0 Å². The van der Waals surface area contributed by atoms with Gasteiger partial charge in [0, 0.05) is 24.2 Å². The maximum absolute atomic E-state index is 12.9. The predicted molar refractivity (Wildman–Crippen MR) is 86.2 cm³/mol. The number of hydrogen-bond acceptors (Lipinski definition) is 3. The minimum absolute atomic E-state index is 0.0602. The summed E-state index contributed by atoms with van der Waals surface area (Å²) in [7, 11) is -3.67. The first-order chi connectivity index (χ1) is 9.90. The molecule has 1 saturated heterocycles. The number of hydrogen-bond donors (Lipinski definition) is 1. The van der Waals surface area contributed by atoms with Crippen LogP contribution in [0, 0.1) is 5.92 Å². The Labute approximate surface area is 136 Å². The van der Waals surface area contributed by atoms with E-state index in [-0.39, 0.29) is 16.0 Å². The SMILES string of the molecule is CCC1CCN(S(=O)(=O)c2cc(Cl)ccc2Cl)C(CN)C1. The molecule has 0 spiro atoms. The number of piperidine rings is 1. The van der Waals surface area contributed by atoms with E-state index in [0.717, 1.165) is 19.3 Å². The van der Waals surface area contributed by atoms with Crippen LogP contribution in [0.3, 0.4) is 0 Å². The van der Waals surface area contributed by atoms with E-state index < -0.39 is 10.0 Å². The number of rotatable bonds is 4. The molecule has 2 atom stereocenters. The molecule has 0 bridgehead atoms. The van der Waals surface area contributed by atoms with Crippen LogP contribution in [0.4, 0.5) is 0 Å². The maximum atomic E-state index is 12.9. The Bertz CT molecular complexity index is 607. The molecule has 4 nitrogen and oxygen atoms in total. The fourth-order valence-electron chi connectivity index (χ4n) is 2.81. The van der Waals surface area contributed by atoms with E-state index in [1.807, 2.05) is 0 Å². The molecular weight excluding hydrogens is 331 g/mol. The van der Waals surface area contributed by atoms with Crippen LogP contribution in [0.1, 0.15) is 26.2 Å². The Balaban J connectivity index is 2.36. The summed E-state index contributed by atoms with van der Waals surface area (Å²) in [5, 5.41) is 0.540. The third-order valence-corrected chi connectivity index (χ3v) is 6.77. The van der Waals surface area contributed by atoms with Gasteiger partial charge < -0.3 is 5.73 Å². The quantitative estimate of drug-likeness (QED) is 0.907. The van der Waals surface area contributed by atoms with Gasteiger partial charge in [0.05, 0.1) is 5.02 Å². The summed E-state index contributed by atoms with van der Waals surface area (Å²) in [6.07, 6.45) is 2.69. The Morgan fingerprint density at radius 2 is 2.10 bits per heavy atom. The van der Waals surface area contributed by atoms with Crippen LogP contribution in [-0.4, -0.2) is 31.9 Å². The van der Waals surface area contributed by atoms with Crippen molar-refractivity contribution in [1.82, 2.24) is 4.31 Å². The second-order valence-electron chi connectivity index (χ2n) is 5.38. The maximum Gasteiger partial charge on any atom is 0.244 e.